The average molecular weight is 255 g/mol. The number of nitrogens with zero attached hydrogens (tertiary/aromatic N) is 2. The van der Waals surface area contributed by atoms with Crippen molar-refractivity contribution in [3.05, 3.63) is 0 Å². The number of carbonyl (C=O) groups excluding carboxylic acids is 1. The van der Waals surface area contributed by atoms with Gasteiger partial charge in [0.05, 0.1) is 0 Å². The van der Waals surface area contributed by atoms with Crippen LogP contribution in [0.2, 0.25) is 0 Å². The molecule has 104 valence electrons. The first-order valence-corrected chi connectivity index (χ1v) is 6.81. The lowest BCUT2D eigenvalue weighted by Crippen LogP contribution is -2.65. The van der Waals surface area contributed by atoms with E-state index in [1.807, 2.05) is 25.7 Å². The van der Waals surface area contributed by atoms with Gasteiger partial charge in [-0.3, -0.25) is 4.90 Å². The minimum absolute atomic E-state index is 0.180. The maximum atomic E-state index is 12.0. The van der Waals surface area contributed by atoms with Crippen LogP contribution in [0.5, 0.6) is 0 Å². The van der Waals surface area contributed by atoms with Gasteiger partial charge in [0.1, 0.15) is 5.60 Å². The van der Waals surface area contributed by atoms with Crippen LogP contribution in [0, 0.1) is 0 Å². The van der Waals surface area contributed by atoms with Crippen LogP contribution in [-0.4, -0.2) is 66.3 Å². The molecule has 2 rings (SSSR count). The van der Waals surface area contributed by atoms with Gasteiger partial charge in [-0.15, -0.1) is 0 Å². The molecule has 5 heteroatoms. The highest BCUT2D eigenvalue weighted by molar-refractivity contribution is 5.68. The molecule has 2 aliphatic heterocycles. The zero-order valence-electron chi connectivity index (χ0n) is 11.9. The summed E-state index contributed by atoms with van der Waals surface area (Å²) in [4.78, 5) is 16.4. The number of nitrogens with one attached hydrogen (secondary N) is 1. The quantitative estimate of drug-likeness (QED) is 0.698. The first-order chi connectivity index (χ1) is 8.37. The van der Waals surface area contributed by atoms with E-state index in [1.54, 1.807) is 0 Å². The van der Waals surface area contributed by atoms with Gasteiger partial charge in [0.25, 0.3) is 0 Å². The first kappa shape index (κ1) is 13.6. The van der Waals surface area contributed by atoms with Gasteiger partial charge in [0.15, 0.2) is 0 Å². The van der Waals surface area contributed by atoms with Crippen LogP contribution < -0.4 is 5.32 Å². The minimum Gasteiger partial charge on any atom is -0.444 e. The first-order valence-electron chi connectivity index (χ1n) is 6.81. The summed E-state index contributed by atoms with van der Waals surface area (Å²) >= 11 is 0. The molecule has 2 atom stereocenters. The monoisotopic (exact) mass is 255 g/mol. The lowest BCUT2D eigenvalue weighted by atomic mass is 10.1. The SMILES string of the molecule is C[C@H]1CNC[C@@H]2CN(C(=O)OC(C)(C)C)CCN21. The van der Waals surface area contributed by atoms with Crippen LogP contribution in [0.3, 0.4) is 0 Å². The Bertz CT molecular complexity index is 314. The average Bonchev–Trinajstić information content (AvgIpc) is 2.26. The predicted molar refractivity (Wildman–Crippen MR) is 70.6 cm³/mol. The van der Waals surface area contributed by atoms with Gasteiger partial charge in [-0.05, 0) is 27.7 Å². The summed E-state index contributed by atoms with van der Waals surface area (Å²) in [5, 5.41) is 3.42. The van der Waals surface area contributed by atoms with Crippen molar-refractivity contribution in [1.29, 1.82) is 0 Å². The summed E-state index contributed by atoms with van der Waals surface area (Å²) in [6, 6.07) is 0.986. The molecule has 2 saturated heterocycles. The zero-order valence-corrected chi connectivity index (χ0v) is 11.9. The standard InChI is InChI=1S/C13H25N3O2/c1-10-7-14-8-11-9-15(5-6-16(10)11)12(17)18-13(2,3)4/h10-11,14H,5-9H2,1-4H3/t10-,11+/m0/s1. The molecule has 0 radical (unpaired) electrons. The maximum Gasteiger partial charge on any atom is 0.410 e. The molecule has 1 N–H and O–H groups in total. The summed E-state index contributed by atoms with van der Waals surface area (Å²) < 4.78 is 5.43. The number of hydrogen-bond acceptors (Lipinski definition) is 4. The molecule has 0 bridgehead atoms. The third-order valence-corrected chi connectivity index (χ3v) is 3.57. The molecular formula is C13H25N3O2. The van der Waals surface area contributed by atoms with E-state index >= 15 is 0 Å². The molecule has 2 fully saturated rings. The van der Waals surface area contributed by atoms with Gasteiger partial charge in [-0.1, -0.05) is 0 Å². The molecule has 0 aliphatic carbocycles. The van der Waals surface area contributed by atoms with E-state index < -0.39 is 5.60 Å². The molecule has 1 amide bonds. The highest BCUT2D eigenvalue weighted by atomic mass is 16.6. The minimum atomic E-state index is -0.410. The third-order valence-electron chi connectivity index (χ3n) is 3.57. The molecule has 5 nitrogen and oxygen atoms in total. The van der Waals surface area contributed by atoms with Crippen molar-refractivity contribution in [2.45, 2.75) is 45.4 Å². The van der Waals surface area contributed by atoms with Crippen molar-refractivity contribution in [1.82, 2.24) is 15.1 Å². The molecule has 0 unspecified atom stereocenters. The lowest BCUT2D eigenvalue weighted by molar-refractivity contribution is -0.00977. The van der Waals surface area contributed by atoms with Gasteiger partial charge in [-0.2, -0.15) is 0 Å². The molecule has 18 heavy (non-hydrogen) atoms. The van der Waals surface area contributed by atoms with E-state index in [0.29, 0.717) is 12.1 Å². The van der Waals surface area contributed by atoms with Crippen LogP contribution in [0.1, 0.15) is 27.7 Å². The Morgan fingerprint density at radius 2 is 2.00 bits per heavy atom. The molecule has 0 aromatic carbocycles. The number of amides is 1. The normalized spacial score (nSPS) is 29.9. The molecular weight excluding hydrogens is 230 g/mol. The summed E-state index contributed by atoms with van der Waals surface area (Å²) in [5.74, 6) is 0. The number of piperazine rings is 2. The van der Waals surface area contributed by atoms with Crippen LogP contribution in [0.4, 0.5) is 4.79 Å². The van der Waals surface area contributed by atoms with Crippen LogP contribution in [0.25, 0.3) is 0 Å². The fourth-order valence-electron chi connectivity index (χ4n) is 2.70. The Morgan fingerprint density at radius 1 is 1.28 bits per heavy atom. The summed E-state index contributed by atoms with van der Waals surface area (Å²) in [6.45, 7) is 12.5. The number of carbonyl (C=O) groups is 1. The number of hydrogen-bond donors (Lipinski definition) is 1. The smallest absolute Gasteiger partial charge is 0.410 e. The van der Waals surface area contributed by atoms with E-state index in [-0.39, 0.29) is 6.09 Å². The molecule has 2 heterocycles. The van der Waals surface area contributed by atoms with E-state index in [2.05, 4.69) is 17.1 Å². The van der Waals surface area contributed by atoms with Gasteiger partial charge >= 0.3 is 6.09 Å². The highest BCUT2D eigenvalue weighted by Gasteiger charge is 2.35. The highest BCUT2D eigenvalue weighted by Crippen LogP contribution is 2.18. The van der Waals surface area contributed by atoms with Crippen molar-refractivity contribution >= 4 is 6.09 Å². The fourth-order valence-corrected chi connectivity index (χ4v) is 2.70. The van der Waals surface area contributed by atoms with Crippen molar-refractivity contribution in [3.63, 3.8) is 0 Å². The number of fused-ring (bicyclic) bond motifs is 1. The Kier molecular flexibility index (Phi) is 3.82. The van der Waals surface area contributed by atoms with Crippen molar-refractivity contribution < 1.29 is 9.53 Å². The van der Waals surface area contributed by atoms with Crippen LogP contribution in [-0.2, 0) is 4.74 Å². The number of ether oxygens (including phenoxy) is 1. The van der Waals surface area contributed by atoms with Gasteiger partial charge in [0, 0.05) is 44.8 Å². The Labute approximate surface area is 109 Å². The topological polar surface area (TPSA) is 44.8 Å². The van der Waals surface area contributed by atoms with E-state index in [0.717, 1.165) is 32.7 Å². The van der Waals surface area contributed by atoms with Crippen LogP contribution >= 0.6 is 0 Å². The van der Waals surface area contributed by atoms with E-state index in [1.165, 1.54) is 0 Å². The Balaban J connectivity index is 1.92. The molecule has 0 spiro atoms. The summed E-state index contributed by atoms with van der Waals surface area (Å²) in [5.41, 5.74) is -0.410. The van der Waals surface area contributed by atoms with E-state index in [4.69, 9.17) is 4.74 Å². The van der Waals surface area contributed by atoms with Gasteiger partial charge < -0.3 is 15.0 Å². The van der Waals surface area contributed by atoms with Crippen molar-refractivity contribution in [2.24, 2.45) is 0 Å². The van der Waals surface area contributed by atoms with Crippen molar-refractivity contribution in [2.75, 3.05) is 32.7 Å². The van der Waals surface area contributed by atoms with Crippen molar-refractivity contribution in [3.8, 4) is 0 Å². The predicted octanol–water partition coefficient (Wildman–Crippen LogP) is 0.899. The second kappa shape index (κ2) is 5.05. The second-order valence-corrected chi connectivity index (χ2v) is 6.33. The summed E-state index contributed by atoms with van der Waals surface area (Å²) in [6.07, 6.45) is -0.180. The fraction of sp³-hybridized carbons (Fsp3) is 0.923. The van der Waals surface area contributed by atoms with E-state index in [9.17, 15) is 4.79 Å². The molecule has 2 aliphatic rings. The largest absolute Gasteiger partial charge is 0.444 e. The number of rotatable bonds is 0. The molecule has 0 aromatic heterocycles. The van der Waals surface area contributed by atoms with Gasteiger partial charge in [-0.25, -0.2) is 4.79 Å². The zero-order chi connectivity index (χ0) is 13.3. The second-order valence-electron chi connectivity index (χ2n) is 6.33. The Morgan fingerprint density at radius 3 is 2.67 bits per heavy atom. The lowest BCUT2D eigenvalue weighted by Gasteiger charge is -2.47. The summed E-state index contributed by atoms with van der Waals surface area (Å²) in [7, 11) is 0. The third kappa shape index (κ3) is 3.14. The molecule has 0 aromatic rings. The maximum absolute atomic E-state index is 12.0. The van der Waals surface area contributed by atoms with Gasteiger partial charge in [0.2, 0.25) is 0 Å². The van der Waals surface area contributed by atoms with Crippen LogP contribution in [0.15, 0.2) is 0 Å². The Hall–Kier alpha value is -0.810. The molecule has 0 saturated carbocycles.